The van der Waals surface area contributed by atoms with Crippen LogP contribution in [0.15, 0.2) is 42.6 Å². The van der Waals surface area contributed by atoms with Crippen molar-refractivity contribution in [2.24, 2.45) is 0 Å². The number of benzene rings is 1. The summed E-state index contributed by atoms with van der Waals surface area (Å²) < 4.78 is 13.4. The van der Waals surface area contributed by atoms with Gasteiger partial charge in [0.15, 0.2) is 0 Å². The van der Waals surface area contributed by atoms with E-state index in [1.54, 1.807) is 36.5 Å². The number of hydrogen-bond acceptors (Lipinski definition) is 2. The molecule has 0 atom stereocenters. The molecule has 0 saturated heterocycles. The van der Waals surface area contributed by atoms with Crippen molar-refractivity contribution in [1.82, 2.24) is 4.98 Å². The van der Waals surface area contributed by atoms with Crippen LogP contribution in [0.4, 0.5) is 10.1 Å². The second kappa shape index (κ2) is 6.09. The van der Waals surface area contributed by atoms with Gasteiger partial charge in [-0.05, 0) is 37.1 Å². The summed E-state index contributed by atoms with van der Waals surface area (Å²) in [5.74, 6) is -0.399. The van der Waals surface area contributed by atoms with E-state index in [2.05, 4.69) is 10.3 Å². The first-order valence-electron chi connectivity index (χ1n) is 6.11. The Labute approximate surface area is 111 Å². The molecule has 4 heteroatoms. The zero-order valence-electron chi connectivity index (χ0n) is 10.7. The molecule has 0 fully saturated rings. The van der Waals surface area contributed by atoms with Gasteiger partial charge in [-0.2, -0.15) is 0 Å². The smallest absolute Gasteiger partial charge is 0.224 e. The van der Waals surface area contributed by atoms with Gasteiger partial charge < -0.3 is 5.32 Å². The van der Waals surface area contributed by atoms with Crippen molar-refractivity contribution in [3.05, 3.63) is 59.7 Å². The largest absolute Gasteiger partial charge is 0.326 e. The molecule has 2 rings (SSSR count). The average molecular weight is 258 g/mol. The Hall–Kier alpha value is -2.23. The third-order valence-corrected chi connectivity index (χ3v) is 2.76. The third-order valence-electron chi connectivity index (χ3n) is 2.76. The van der Waals surface area contributed by atoms with Crippen LogP contribution in [0.2, 0.25) is 0 Å². The lowest BCUT2D eigenvalue weighted by Crippen LogP contribution is -2.12. The highest BCUT2D eigenvalue weighted by atomic mass is 19.1. The SMILES string of the molecule is Cc1cc(NC(=O)CCc2ccccc2F)ccn1. The quantitative estimate of drug-likeness (QED) is 0.915. The zero-order valence-corrected chi connectivity index (χ0v) is 10.7. The van der Waals surface area contributed by atoms with Crippen molar-refractivity contribution in [3.8, 4) is 0 Å². The van der Waals surface area contributed by atoms with Gasteiger partial charge >= 0.3 is 0 Å². The van der Waals surface area contributed by atoms with Gasteiger partial charge in [0.25, 0.3) is 0 Å². The molecule has 0 aliphatic rings. The molecule has 2 aromatic rings. The molecule has 19 heavy (non-hydrogen) atoms. The van der Waals surface area contributed by atoms with Gasteiger partial charge in [0, 0.05) is 24.0 Å². The Morgan fingerprint density at radius 3 is 2.84 bits per heavy atom. The van der Waals surface area contributed by atoms with Crippen LogP contribution in [0.3, 0.4) is 0 Å². The van der Waals surface area contributed by atoms with Crippen molar-refractivity contribution in [2.45, 2.75) is 19.8 Å². The molecule has 1 N–H and O–H groups in total. The van der Waals surface area contributed by atoms with E-state index < -0.39 is 0 Å². The van der Waals surface area contributed by atoms with Crippen molar-refractivity contribution in [3.63, 3.8) is 0 Å². The van der Waals surface area contributed by atoms with Crippen LogP contribution in [0.1, 0.15) is 17.7 Å². The maximum atomic E-state index is 13.4. The Morgan fingerprint density at radius 2 is 2.11 bits per heavy atom. The summed E-state index contributed by atoms with van der Waals surface area (Å²) in [5, 5.41) is 2.77. The zero-order chi connectivity index (χ0) is 13.7. The molecule has 0 radical (unpaired) electrons. The van der Waals surface area contributed by atoms with E-state index in [0.717, 1.165) is 5.69 Å². The molecule has 0 aliphatic heterocycles. The molecule has 98 valence electrons. The minimum atomic E-state index is -0.268. The first-order chi connectivity index (χ1) is 9.15. The molecule has 1 aromatic carbocycles. The standard InChI is InChI=1S/C15H15FN2O/c1-11-10-13(8-9-17-11)18-15(19)7-6-12-4-2-3-5-14(12)16/h2-5,8-10H,6-7H2,1H3,(H,17,18,19). The number of amides is 1. The second-order valence-electron chi connectivity index (χ2n) is 4.33. The summed E-state index contributed by atoms with van der Waals surface area (Å²) in [6.45, 7) is 1.86. The predicted molar refractivity (Wildman–Crippen MR) is 72.3 cm³/mol. The molecule has 1 amide bonds. The maximum Gasteiger partial charge on any atom is 0.224 e. The number of hydrogen-bond donors (Lipinski definition) is 1. The Bertz CT molecular complexity index is 584. The predicted octanol–water partition coefficient (Wildman–Crippen LogP) is 3.10. The van der Waals surface area contributed by atoms with Crippen molar-refractivity contribution < 1.29 is 9.18 Å². The number of carbonyl (C=O) groups is 1. The van der Waals surface area contributed by atoms with E-state index in [1.165, 1.54) is 6.07 Å². The van der Waals surface area contributed by atoms with Gasteiger partial charge in [-0.15, -0.1) is 0 Å². The van der Waals surface area contributed by atoms with Gasteiger partial charge in [-0.1, -0.05) is 18.2 Å². The van der Waals surface area contributed by atoms with Gasteiger partial charge in [-0.25, -0.2) is 4.39 Å². The van der Waals surface area contributed by atoms with Gasteiger partial charge in [0.2, 0.25) is 5.91 Å². The maximum absolute atomic E-state index is 13.4. The van der Waals surface area contributed by atoms with Crippen LogP contribution >= 0.6 is 0 Å². The minimum Gasteiger partial charge on any atom is -0.326 e. The first-order valence-corrected chi connectivity index (χ1v) is 6.11. The normalized spacial score (nSPS) is 10.2. The number of aromatic nitrogens is 1. The van der Waals surface area contributed by atoms with Crippen LogP contribution in [0.25, 0.3) is 0 Å². The number of aryl methyl sites for hydroxylation is 2. The van der Waals surface area contributed by atoms with Gasteiger partial charge in [-0.3, -0.25) is 9.78 Å². The molecule has 0 spiro atoms. The molecule has 0 bridgehead atoms. The van der Waals surface area contributed by atoms with Gasteiger partial charge in [0.1, 0.15) is 5.82 Å². The summed E-state index contributed by atoms with van der Waals surface area (Å²) >= 11 is 0. The van der Waals surface area contributed by atoms with Crippen LogP contribution in [0.5, 0.6) is 0 Å². The number of nitrogens with one attached hydrogen (secondary N) is 1. The van der Waals surface area contributed by atoms with Crippen molar-refractivity contribution in [2.75, 3.05) is 5.32 Å². The fraction of sp³-hybridized carbons (Fsp3) is 0.200. The molecular formula is C15H15FN2O. The van der Waals surface area contributed by atoms with E-state index in [-0.39, 0.29) is 18.1 Å². The summed E-state index contributed by atoms with van der Waals surface area (Å²) in [7, 11) is 0. The van der Waals surface area contributed by atoms with Crippen LogP contribution in [0, 0.1) is 12.7 Å². The van der Waals surface area contributed by atoms with E-state index in [0.29, 0.717) is 17.7 Å². The highest BCUT2D eigenvalue weighted by Gasteiger charge is 2.06. The Kier molecular flexibility index (Phi) is 4.23. The number of carbonyl (C=O) groups excluding carboxylic acids is 1. The molecule has 3 nitrogen and oxygen atoms in total. The monoisotopic (exact) mass is 258 g/mol. The number of halogens is 1. The molecule has 1 heterocycles. The fourth-order valence-electron chi connectivity index (χ4n) is 1.80. The third kappa shape index (κ3) is 3.88. The van der Waals surface area contributed by atoms with Crippen LogP contribution in [-0.2, 0) is 11.2 Å². The fourth-order valence-corrected chi connectivity index (χ4v) is 1.80. The minimum absolute atomic E-state index is 0.131. The second-order valence-corrected chi connectivity index (χ2v) is 4.33. The summed E-state index contributed by atoms with van der Waals surface area (Å²) in [6.07, 6.45) is 2.28. The first kappa shape index (κ1) is 13.2. The van der Waals surface area contributed by atoms with E-state index in [4.69, 9.17) is 0 Å². The van der Waals surface area contributed by atoms with E-state index in [1.807, 2.05) is 6.92 Å². The Morgan fingerprint density at radius 1 is 1.32 bits per heavy atom. The summed E-state index contributed by atoms with van der Waals surface area (Å²) in [6, 6.07) is 10.0. The molecule has 0 unspecified atom stereocenters. The number of nitrogens with zero attached hydrogens (tertiary/aromatic N) is 1. The molecule has 0 saturated carbocycles. The van der Waals surface area contributed by atoms with E-state index >= 15 is 0 Å². The summed E-state index contributed by atoms with van der Waals surface area (Å²) in [5.41, 5.74) is 2.11. The van der Waals surface area contributed by atoms with E-state index in [9.17, 15) is 9.18 Å². The molecule has 0 aliphatic carbocycles. The van der Waals surface area contributed by atoms with Crippen LogP contribution < -0.4 is 5.32 Å². The number of rotatable bonds is 4. The topological polar surface area (TPSA) is 42.0 Å². The number of pyridine rings is 1. The number of anilines is 1. The Balaban J connectivity index is 1.90. The van der Waals surface area contributed by atoms with Gasteiger partial charge in [0.05, 0.1) is 0 Å². The van der Waals surface area contributed by atoms with Crippen molar-refractivity contribution in [1.29, 1.82) is 0 Å². The lowest BCUT2D eigenvalue weighted by atomic mass is 10.1. The molecule has 1 aromatic heterocycles. The molecular weight excluding hydrogens is 243 g/mol. The summed E-state index contributed by atoms with van der Waals surface area (Å²) in [4.78, 5) is 15.8. The van der Waals surface area contributed by atoms with Crippen LogP contribution in [-0.4, -0.2) is 10.9 Å². The lowest BCUT2D eigenvalue weighted by molar-refractivity contribution is -0.116. The van der Waals surface area contributed by atoms with Crippen molar-refractivity contribution >= 4 is 11.6 Å². The highest BCUT2D eigenvalue weighted by Crippen LogP contribution is 2.11. The average Bonchev–Trinajstić information content (AvgIpc) is 2.38. The highest BCUT2D eigenvalue weighted by molar-refractivity contribution is 5.90. The lowest BCUT2D eigenvalue weighted by Gasteiger charge is -2.06.